The second kappa shape index (κ2) is 6.93. The van der Waals surface area contributed by atoms with Crippen molar-refractivity contribution in [3.05, 3.63) is 83.7 Å². The number of fused-ring (bicyclic) bond motifs is 1. The Morgan fingerprint density at radius 1 is 1.15 bits per heavy atom. The molecule has 0 saturated carbocycles. The summed E-state index contributed by atoms with van der Waals surface area (Å²) in [7, 11) is 0. The quantitative estimate of drug-likeness (QED) is 0.762. The van der Waals surface area contributed by atoms with Crippen LogP contribution in [0.15, 0.2) is 67.0 Å². The number of hydrogen-bond donors (Lipinski definition) is 1. The minimum atomic E-state index is -0.0524. The second-order valence-electron chi connectivity index (χ2n) is 6.63. The third-order valence-electron chi connectivity index (χ3n) is 4.71. The molecule has 1 aromatic heterocycles. The fraction of sp³-hybridized carbons (Fsp3) is 0.136. The summed E-state index contributed by atoms with van der Waals surface area (Å²) in [6.45, 7) is 2.06. The lowest BCUT2D eigenvalue weighted by Crippen LogP contribution is -2.35. The van der Waals surface area contributed by atoms with E-state index in [1.165, 1.54) is 5.56 Å². The molecular formula is C22H18N4O. The van der Waals surface area contributed by atoms with Crippen LogP contribution in [0.5, 0.6) is 0 Å². The Bertz CT molecular complexity index is 1040. The number of nitrogens with one attached hydrogen (secondary N) is 1. The van der Waals surface area contributed by atoms with Crippen molar-refractivity contribution in [3.63, 3.8) is 0 Å². The summed E-state index contributed by atoms with van der Waals surface area (Å²) < 4.78 is 0. The van der Waals surface area contributed by atoms with Gasteiger partial charge in [-0.15, -0.1) is 0 Å². The van der Waals surface area contributed by atoms with E-state index in [1.54, 1.807) is 30.6 Å². The van der Waals surface area contributed by atoms with Gasteiger partial charge >= 0.3 is 0 Å². The summed E-state index contributed by atoms with van der Waals surface area (Å²) in [6.07, 6.45) is 4.13. The lowest BCUT2D eigenvalue weighted by Gasteiger charge is -2.23. The number of anilines is 3. The zero-order valence-corrected chi connectivity index (χ0v) is 14.9. The fourth-order valence-electron chi connectivity index (χ4n) is 3.43. The highest BCUT2D eigenvalue weighted by molar-refractivity contribution is 6.08. The normalized spacial score (nSPS) is 15.1. The third-order valence-corrected chi connectivity index (χ3v) is 4.71. The molecule has 0 bridgehead atoms. The Labute approximate surface area is 157 Å². The molecule has 5 heteroatoms. The lowest BCUT2D eigenvalue weighted by atomic mass is 10.1. The van der Waals surface area contributed by atoms with E-state index >= 15 is 0 Å². The van der Waals surface area contributed by atoms with Gasteiger partial charge in [-0.05, 0) is 55.3 Å². The van der Waals surface area contributed by atoms with Gasteiger partial charge in [-0.2, -0.15) is 5.26 Å². The summed E-state index contributed by atoms with van der Waals surface area (Å²) in [5.74, 6) is -0.0524. The maximum absolute atomic E-state index is 13.1. The molecule has 1 aliphatic heterocycles. The molecule has 132 valence electrons. The lowest BCUT2D eigenvalue weighted by molar-refractivity contribution is 0.0981. The largest absolute Gasteiger partial charge is 0.354 e. The zero-order chi connectivity index (χ0) is 18.8. The first-order valence-corrected chi connectivity index (χ1v) is 8.79. The van der Waals surface area contributed by atoms with Crippen molar-refractivity contribution in [3.8, 4) is 6.07 Å². The predicted molar refractivity (Wildman–Crippen MR) is 105 cm³/mol. The van der Waals surface area contributed by atoms with Gasteiger partial charge in [0.05, 0.1) is 29.1 Å². The van der Waals surface area contributed by atoms with Crippen LogP contribution in [0.1, 0.15) is 28.4 Å². The topological polar surface area (TPSA) is 69.0 Å². The first kappa shape index (κ1) is 16.8. The van der Waals surface area contributed by atoms with Crippen LogP contribution in [-0.2, 0) is 6.42 Å². The number of nitrogens with zero attached hydrogens (tertiary/aromatic N) is 3. The number of aromatic nitrogens is 1. The summed E-state index contributed by atoms with van der Waals surface area (Å²) in [6, 6.07) is 19.2. The van der Waals surface area contributed by atoms with Crippen molar-refractivity contribution in [1.29, 1.82) is 5.26 Å². The van der Waals surface area contributed by atoms with Crippen LogP contribution in [0, 0.1) is 11.3 Å². The van der Waals surface area contributed by atoms with Crippen LogP contribution >= 0.6 is 0 Å². The first-order chi connectivity index (χ1) is 13.2. The molecular weight excluding hydrogens is 336 g/mol. The molecule has 0 saturated heterocycles. The highest BCUT2D eigenvalue weighted by Gasteiger charge is 2.31. The van der Waals surface area contributed by atoms with Crippen LogP contribution in [0.4, 0.5) is 17.1 Å². The molecule has 2 heterocycles. The molecule has 2 aromatic carbocycles. The van der Waals surface area contributed by atoms with Crippen molar-refractivity contribution in [2.24, 2.45) is 0 Å². The van der Waals surface area contributed by atoms with Crippen molar-refractivity contribution >= 4 is 23.0 Å². The van der Waals surface area contributed by atoms with E-state index in [-0.39, 0.29) is 11.9 Å². The van der Waals surface area contributed by atoms with Gasteiger partial charge in [0, 0.05) is 23.6 Å². The number of hydrogen-bond acceptors (Lipinski definition) is 4. The van der Waals surface area contributed by atoms with Crippen LogP contribution in [0.3, 0.4) is 0 Å². The van der Waals surface area contributed by atoms with Crippen molar-refractivity contribution in [2.75, 3.05) is 10.2 Å². The van der Waals surface area contributed by atoms with Crippen LogP contribution in [0.25, 0.3) is 0 Å². The standard InChI is InChI=1S/C22H18N4O/c1-15-10-17-4-2-3-5-21(17)26(15)22(27)18-11-20(14-24-13-18)25-19-8-6-16(12-23)7-9-19/h2-9,11,13-15,25H,10H2,1H3. The molecule has 0 radical (unpaired) electrons. The van der Waals surface area contributed by atoms with E-state index in [4.69, 9.17) is 5.26 Å². The summed E-state index contributed by atoms with van der Waals surface area (Å²) in [5.41, 5.74) is 4.87. The molecule has 1 N–H and O–H groups in total. The van der Waals surface area contributed by atoms with Crippen LogP contribution < -0.4 is 10.2 Å². The fourth-order valence-corrected chi connectivity index (χ4v) is 3.43. The molecule has 0 fully saturated rings. The zero-order valence-electron chi connectivity index (χ0n) is 14.9. The number of carbonyl (C=O) groups excluding carboxylic acids is 1. The number of benzene rings is 2. The third kappa shape index (κ3) is 3.25. The van der Waals surface area contributed by atoms with Gasteiger partial charge in [0.2, 0.25) is 0 Å². The van der Waals surface area contributed by atoms with Crippen molar-refractivity contribution in [2.45, 2.75) is 19.4 Å². The van der Waals surface area contributed by atoms with Crippen LogP contribution in [0.2, 0.25) is 0 Å². The van der Waals surface area contributed by atoms with Gasteiger partial charge in [0.25, 0.3) is 5.91 Å². The molecule has 1 unspecified atom stereocenters. The SMILES string of the molecule is CC1Cc2ccccc2N1C(=O)c1cncc(Nc2ccc(C#N)cc2)c1. The van der Waals surface area contributed by atoms with Crippen molar-refractivity contribution < 1.29 is 4.79 Å². The smallest absolute Gasteiger partial charge is 0.260 e. The van der Waals surface area contributed by atoms with Gasteiger partial charge in [0.15, 0.2) is 0 Å². The van der Waals surface area contributed by atoms with Gasteiger partial charge in [0.1, 0.15) is 0 Å². The molecule has 1 amide bonds. The Balaban J connectivity index is 1.59. The molecule has 3 aromatic rings. The number of carbonyl (C=O) groups is 1. The van der Waals surface area contributed by atoms with Gasteiger partial charge in [-0.1, -0.05) is 18.2 Å². The molecule has 0 spiro atoms. The van der Waals surface area contributed by atoms with Crippen molar-refractivity contribution in [1.82, 2.24) is 4.98 Å². The average Bonchev–Trinajstić information content (AvgIpc) is 3.04. The van der Waals surface area contributed by atoms with E-state index in [2.05, 4.69) is 29.4 Å². The predicted octanol–water partition coefficient (Wildman–Crippen LogP) is 4.29. The van der Waals surface area contributed by atoms with Gasteiger partial charge in [-0.3, -0.25) is 9.78 Å². The summed E-state index contributed by atoms with van der Waals surface area (Å²) in [4.78, 5) is 19.2. The molecule has 1 aliphatic rings. The van der Waals surface area contributed by atoms with Gasteiger partial charge < -0.3 is 10.2 Å². The summed E-state index contributed by atoms with van der Waals surface area (Å²) >= 11 is 0. The number of rotatable bonds is 3. The maximum atomic E-state index is 13.1. The average molecular weight is 354 g/mol. The number of nitriles is 1. The molecule has 5 nitrogen and oxygen atoms in total. The Hall–Kier alpha value is -3.65. The number of pyridine rings is 1. The van der Waals surface area contributed by atoms with Gasteiger partial charge in [-0.25, -0.2) is 0 Å². The Morgan fingerprint density at radius 3 is 2.70 bits per heavy atom. The second-order valence-corrected chi connectivity index (χ2v) is 6.63. The monoisotopic (exact) mass is 354 g/mol. The molecule has 27 heavy (non-hydrogen) atoms. The summed E-state index contributed by atoms with van der Waals surface area (Å²) in [5, 5.41) is 12.1. The van der Waals surface area contributed by atoms with E-state index in [1.807, 2.05) is 35.2 Å². The number of para-hydroxylation sites is 1. The molecule has 0 aliphatic carbocycles. The number of amides is 1. The van der Waals surface area contributed by atoms with E-state index in [0.29, 0.717) is 11.1 Å². The minimum absolute atomic E-state index is 0.0524. The highest BCUT2D eigenvalue weighted by Crippen LogP contribution is 2.33. The minimum Gasteiger partial charge on any atom is -0.354 e. The maximum Gasteiger partial charge on any atom is 0.260 e. The van der Waals surface area contributed by atoms with E-state index in [0.717, 1.165) is 23.5 Å². The van der Waals surface area contributed by atoms with E-state index in [9.17, 15) is 4.79 Å². The van der Waals surface area contributed by atoms with E-state index < -0.39 is 0 Å². The first-order valence-electron chi connectivity index (χ1n) is 8.79. The molecule has 1 atom stereocenters. The van der Waals surface area contributed by atoms with Crippen LogP contribution in [-0.4, -0.2) is 16.9 Å². The molecule has 4 rings (SSSR count). The Kier molecular flexibility index (Phi) is 4.31. The highest BCUT2D eigenvalue weighted by atomic mass is 16.2. The Morgan fingerprint density at radius 2 is 1.93 bits per heavy atom.